The van der Waals surface area contributed by atoms with Crippen molar-refractivity contribution in [1.82, 2.24) is 4.57 Å². The molecule has 4 aromatic carbocycles. The first-order chi connectivity index (χ1) is 19.4. The summed E-state index contributed by atoms with van der Waals surface area (Å²) in [5.74, 6) is -0.427. The summed E-state index contributed by atoms with van der Waals surface area (Å²) in [6.45, 7) is 1.34. The molecule has 0 saturated carbocycles. The predicted octanol–water partition coefficient (Wildman–Crippen LogP) is 4.32. The average Bonchev–Trinajstić information content (AvgIpc) is 3.32. The van der Waals surface area contributed by atoms with Crippen LogP contribution in [-0.2, 0) is 16.1 Å². The highest BCUT2D eigenvalue weighted by Gasteiger charge is 2.23. The number of carbonyl (C=O) groups is 2. The third kappa shape index (κ3) is 4.74. The van der Waals surface area contributed by atoms with Crippen LogP contribution in [0.1, 0.15) is 21.6 Å². The molecule has 2 amide bonds. The number of amides is 2. The number of hydrogen-bond donors (Lipinski definition) is 4. The van der Waals surface area contributed by atoms with Gasteiger partial charge in [-0.3, -0.25) is 15.0 Å². The van der Waals surface area contributed by atoms with Gasteiger partial charge in [0.25, 0.3) is 11.8 Å². The number of nitrogens with two attached hydrogens (primary N) is 2. The Labute approximate surface area is 230 Å². The van der Waals surface area contributed by atoms with Gasteiger partial charge in [-0.05, 0) is 64.9 Å². The maximum atomic E-state index is 13.6. The second-order valence-corrected chi connectivity index (χ2v) is 9.80. The van der Waals surface area contributed by atoms with Crippen molar-refractivity contribution in [2.45, 2.75) is 6.54 Å². The molecule has 40 heavy (non-hydrogen) atoms. The minimum atomic E-state index is -0.283. The van der Waals surface area contributed by atoms with Gasteiger partial charge < -0.3 is 31.0 Å². The largest absolute Gasteiger partial charge is 0.399 e. The van der Waals surface area contributed by atoms with Crippen LogP contribution in [0.2, 0.25) is 0 Å². The van der Waals surface area contributed by atoms with E-state index in [-0.39, 0.29) is 24.3 Å². The number of hydrogen-bond acceptors (Lipinski definition) is 5. The van der Waals surface area contributed by atoms with E-state index in [0.717, 1.165) is 32.9 Å². The van der Waals surface area contributed by atoms with Crippen molar-refractivity contribution in [3.8, 4) is 0 Å². The van der Waals surface area contributed by atoms with Crippen LogP contribution in [0, 0.1) is 5.41 Å². The van der Waals surface area contributed by atoms with Crippen LogP contribution in [-0.4, -0.2) is 42.0 Å². The van der Waals surface area contributed by atoms with Crippen molar-refractivity contribution in [3.63, 3.8) is 0 Å². The minimum Gasteiger partial charge on any atom is -0.399 e. The number of nitrogens with zero attached hydrogens (tertiary/aromatic N) is 2. The third-order valence-corrected chi connectivity index (χ3v) is 7.17. The lowest BCUT2D eigenvalue weighted by atomic mass is 10.0. The number of fused-ring (bicyclic) bond motifs is 2. The fourth-order valence-corrected chi connectivity index (χ4v) is 5.16. The smallest absolute Gasteiger partial charge is 0.272 e. The molecular weight excluding hydrogens is 504 g/mol. The molecule has 1 aliphatic rings. The Hall–Kier alpha value is -5.15. The summed E-state index contributed by atoms with van der Waals surface area (Å²) in [6, 6.07) is 26.3. The zero-order valence-electron chi connectivity index (χ0n) is 21.7. The molecular formula is C31H28N6O3. The number of nitrogens with one attached hydrogen (secondary N) is 2. The Morgan fingerprint density at radius 2 is 1.77 bits per heavy atom. The molecule has 9 nitrogen and oxygen atoms in total. The maximum absolute atomic E-state index is 13.6. The van der Waals surface area contributed by atoms with Gasteiger partial charge in [0.1, 0.15) is 18.1 Å². The maximum Gasteiger partial charge on any atom is 0.272 e. The van der Waals surface area contributed by atoms with Crippen LogP contribution in [0.5, 0.6) is 0 Å². The minimum absolute atomic E-state index is 0.0493. The van der Waals surface area contributed by atoms with Crippen molar-refractivity contribution >= 4 is 56.4 Å². The molecule has 6 N–H and O–H groups in total. The lowest BCUT2D eigenvalue weighted by Crippen LogP contribution is -2.41. The van der Waals surface area contributed by atoms with E-state index >= 15 is 0 Å². The van der Waals surface area contributed by atoms with Crippen LogP contribution < -0.4 is 21.7 Å². The molecule has 0 unspecified atom stereocenters. The van der Waals surface area contributed by atoms with Gasteiger partial charge in [-0.1, -0.05) is 36.4 Å². The van der Waals surface area contributed by atoms with Gasteiger partial charge in [0, 0.05) is 46.6 Å². The van der Waals surface area contributed by atoms with Gasteiger partial charge in [-0.2, -0.15) is 0 Å². The highest BCUT2D eigenvalue weighted by molar-refractivity contribution is 6.08. The number of morpholine rings is 1. The van der Waals surface area contributed by atoms with E-state index in [9.17, 15) is 9.59 Å². The fraction of sp³-hybridized carbons (Fsp3) is 0.129. The fourth-order valence-electron chi connectivity index (χ4n) is 5.16. The molecule has 2 heterocycles. The monoisotopic (exact) mass is 532 g/mol. The van der Waals surface area contributed by atoms with Crippen molar-refractivity contribution in [1.29, 1.82) is 5.41 Å². The Morgan fingerprint density at radius 1 is 0.975 bits per heavy atom. The number of nitrogen functional groups attached to an aromatic ring is 2. The average molecular weight is 533 g/mol. The first-order valence-corrected chi connectivity index (χ1v) is 12.9. The Bertz CT molecular complexity index is 1790. The van der Waals surface area contributed by atoms with E-state index in [1.807, 2.05) is 59.2 Å². The summed E-state index contributed by atoms with van der Waals surface area (Å²) in [5.41, 5.74) is 16.4. The van der Waals surface area contributed by atoms with E-state index in [1.54, 1.807) is 35.2 Å². The molecule has 0 spiro atoms. The van der Waals surface area contributed by atoms with E-state index in [0.29, 0.717) is 42.3 Å². The number of benzene rings is 4. The van der Waals surface area contributed by atoms with Gasteiger partial charge in [-0.15, -0.1) is 0 Å². The van der Waals surface area contributed by atoms with Crippen molar-refractivity contribution in [2.75, 3.05) is 35.7 Å². The molecule has 5 aromatic rings. The summed E-state index contributed by atoms with van der Waals surface area (Å²) in [5, 5.41) is 13.8. The molecule has 200 valence electrons. The van der Waals surface area contributed by atoms with Crippen molar-refractivity contribution in [2.24, 2.45) is 5.73 Å². The molecule has 9 heteroatoms. The Kier molecular flexibility index (Phi) is 6.41. The zero-order chi connectivity index (χ0) is 27.8. The molecule has 1 saturated heterocycles. The highest BCUT2D eigenvalue weighted by atomic mass is 16.5. The number of rotatable bonds is 6. The molecule has 1 aromatic heterocycles. The van der Waals surface area contributed by atoms with Crippen LogP contribution in [0.3, 0.4) is 0 Å². The van der Waals surface area contributed by atoms with Crippen LogP contribution in [0.4, 0.5) is 17.1 Å². The predicted molar refractivity (Wildman–Crippen MR) is 158 cm³/mol. The van der Waals surface area contributed by atoms with Crippen molar-refractivity contribution < 1.29 is 14.3 Å². The van der Waals surface area contributed by atoms with E-state index in [2.05, 4.69) is 5.32 Å². The molecule has 6 rings (SSSR count). The Morgan fingerprint density at radius 3 is 2.55 bits per heavy atom. The molecule has 0 bridgehead atoms. The quantitative estimate of drug-likeness (QED) is 0.146. The zero-order valence-corrected chi connectivity index (χ0v) is 21.7. The number of anilines is 3. The van der Waals surface area contributed by atoms with Crippen molar-refractivity contribution in [3.05, 3.63) is 102 Å². The van der Waals surface area contributed by atoms with Gasteiger partial charge in [0.15, 0.2) is 0 Å². The normalized spacial score (nSPS) is 13.6. The summed E-state index contributed by atoms with van der Waals surface area (Å²) in [6.07, 6.45) is 0. The summed E-state index contributed by atoms with van der Waals surface area (Å²) in [7, 11) is 0. The van der Waals surface area contributed by atoms with E-state index in [4.69, 9.17) is 21.6 Å². The standard InChI is InChI=1S/C31H28N6O3/c32-23-7-9-24(10-8-23)35-31(39)28-15-20-5-6-21(30(33)34)16-27(20)37(28)17-22-14-25(36-11-12-40-18-29(36)38)13-19-3-1-2-4-26(19)22/h1-10,13-16H,11-12,17-18,32H2,(H3,33,34)(H,35,39). The van der Waals surface area contributed by atoms with Gasteiger partial charge >= 0.3 is 0 Å². The second-order valence-electron chi connectivity index (χ2n) is 9.80. The second kappa shape index (κ2) is 10.2. The first kappa shape index (κ1) is 25.1. The van der Waals surface area contributed by atoms with Gasteiger partial charge in [-0.25, -0.2) is 0 Å². The number of aromatic nitrogens is 1. The van der Waals surface area contributed by atoms with E-state index < -0.39 is 0 Å². The van der Waals surface area contributed by atoms with Gasteiger partial charge in [0.2, 0.25) is 0 Å². The summed E-state index contributed by atoms with van der Waals surface area (Å²) >= 11 is 0. The first-order valence-electron chi connectivity index (χ1n) is 12.9. The molecule has 0 radical (unpaired) electrons. The third-order valence-electron chi connectivity index (χ3n) is 7.17. The summed E-state index contributed by atoms with van der Waals surface area (Å²) < 4.78 is 7.27. The Balaban J connectivity index is 1.49. The lowest BCUT2D eigenvalue weighted by molar-refractivity contribution is -0.125. The topological polar surface area (TPSA) is 139 Å². The lowest BCUT2D eigenvalue weighted by Gasteiger charge is -2.28. The van der Waals surface area contributed by atoms with E-state index in [1.165, 1.54) is 0 Å². The number of amidine groups is 1. The van der Waals surface area contributed by atoms with Crippen LogP contribution in [0.25, 0.3) is 21.7 Å². The van der Waals surface area contributed by atoms with Gasteiger partial charge in [0.05, 0.1) is 6.61 Å². The SMILES string of the molecule is N=C(N)c1ccc2cc(C(=O)Nc3ccc(N)cc3)n(Cc3cc(N4CCOCC4=O)cc4ccccc34)c2c1. The number of carbonyl (C=O) groups excluding carboxylic acids is 2. The molecule has 1 aliphatic heterocycles. The molecule has 1 fully saturated rings. The summed E-state index contributed by atoms with van der Waals surface area (Å²) in [4.78, 5) is 28.0. The molecule has 0 aliphatic carbocycles. The molecule has 0 atom stereocenters. The highest BCUT2D eigenvalue weighted by Crippen LogP contribution is 2.31. The number of ether oxygens (including phenoxy) is 1. The van der Waals surface area contributed by atoms with Crippen LogP contribution >= 0.6 is 0 Å². The van der Waals surface area contributed by atoms with Crippen LogP contribution in [0.15, 0.2) is 84.9 Å².